The summed E-state index contributed by atoms with van der Waals surface area (Å²) in [6.45, 7) is 0.361. The Labute approximate surface area is 165 Å². The van der Waals surface area contributed by atoms with Crippen molar-refractivity contribution in [3.63, 3.8) is 0 Å². The maximum Gasteiger partial charge on any atom is 0.338 e. The molecule has 0 saturated carbocycles. The number of carbonyl (C=O) groups is 3. The van der Waals surface area contributed by atoms with Crippen LogP contribution in [-0.2, 0) is 19.0 Å². The third-order valence-corrected chi connectivity index (χ3v) is 5.87. The zero-order valence-electron chi connectivity index (χ0n) is 15.7. The molecule has 1 spiro atoms. The Balaban J connectivity index is 1.74. The van der Waals surface area contributed by atoms with E-state index < -0.39 is 23.1 Å². The summed E-state index contributed by atoms with van der Waals surface area (Å²) in [6.07, 6.45) is -0.645. The molecule has 2 aromatic rings. The molecule has 29 heavy (non-hydrogen) atoms. The van der Waals surface area contributed by atoms with Gasteiger partial charge >= 0.3 is 5.97 Å². The van der Waals surface area contributed by atoms with E-state index >= 15 is 0 Å². The van der Waals surface area contributed by atoms with Crippen molar-refractivity contribution in [3.05, 3.63) is 58.7 Å². The molecule has 3 aliphatic rings. The lowest BCUT2D eigenvalue weighted by Gasteiger charge is -2.43. The first kappa shape index (κ1) is 18.2. The number of aliphatic hydroxyl groups is 1. The Kier molecular flexibility index (Phi) is 3.80. The molecule has 0 radical (unpaired) electrons. The van der Waals surface area contributed by atoms with Gasteiger partial charge in [-0.25, -0.2) is 4.79 Å². The molecule has 148 valence electrons. The van der Waals surface area contributed by atoms with E-state index in [0.717, 1.165) is 17.9 Å². The Morgan fingerprint density at radius 2 is 1.62 bits per heavy atom. The SMILES string of the molecule is COC(=O)C1(O)CC2=C(C(=O)c3cc4ccccc4cc3C2=O)C2(C1)OCCO2. The number of esters is 1. The Bertz CT molecular complexity index is 1120. The fourth-order valence-corrected chi connectivity index (χ4v) is 4.60. The molecule has 7 heteroatoms. The average molecular weight is 394 g/mol. The second-order valence-electron chi connectivity index (χ2n) is 7.58. The van der Waals surface area contributed by atoms with Gasteiger partial charge in [0.1, 0.15) is 0 Å². The van der Waals surface area contributed by atoms with Crippen LogP contribution in [0.1, 0.15) is 33.6 Å². The van der Waals surface area contributed by atoms with Crippen LogP contribution in [0, 0.1) is 0 Å². The van der Waals surface area contributed by atoms with Crippen molar-refractivity contribution in [1.29, 1.82) is 0 Å². The summed E-state index contributed by atoms with van der Waals surface area (Å²) in [4.78, 5) is 39.2. The number of carbonyl (C=O) groups excluding carboxylic acids is 3. The molecule has 2 aliphatic carbocycles. The number of Topliss-reactive ketones (excluding diaryl/α,β-unsaturated/α-hetero) is 2. The smallest absolute Gasteiger partial charge is 0.338 e. The highest BCUT2D eigenvalue weighted by Gasteiger charge is 2.60. The second kappa shape index (κ2) is 6.06. The van der Waals surface area contributed by atoms with Crippen LogP contribution in [0.5, 0.6) is 0 Å². The maximum absolute atomic E-state index is 13.5. The lowest BCUT2D eigenvalue weighted by molar-refractivity contribution is -0.195. The molecule has 1 aliphatic heterocycles. The highest BCUT2D eigenvalue weighted by atomic mass is 16.7. The van der Waals surface area contributed by atoms with Crippen molar-refractivity contribution in [2.45, 2.75) is 24.2 Å². The van der Waals surface area contributed by atoms with E-state index in [1.807, 2.05) is 24.3 Å². The van der Waals surface area contributed by atoms with Gasteiger partial charge in [0.25, 0.3) is 0 Å². The molecule has 1 atom stereocenters. The third kappa shape index (κ3) is 2.45. The Morgan fingerprint density at radius 1 is 1.03 bits per heavy atom. The lowest BCUT2D eigenvalue weighted by atomic mass is 9.69. The third-order valence-electron chi connectivity index (χ3n) is 5.87. The van der Waals surface area contributed by atoms with E-state index in [9.17, 15) is 19.5 Å². The number of methoxy groups -OCH3 is 1. The number of fused-ring (bicyclic) bond motifs is 3. The van der Waals surface area contributed by atoms with Crippen molar-refractivity contribution in [2.75, 3.05) is 20.3 Å². The minimum absolute atomic E-state index is 0.0406. The summed E-state index contributed by atoms with van der Waals surface area (Å²) in [5, 5.41) is 12.6. The van der Waals surface area contributed by atoms with Crippen molar-refractivity contribution in [3.8, 4) is 0 Å². The van der Waals surface area contributed by atoms with E-state index in [1.54, 1.807) is 12.1 Å². The minimum atomic E-state index is -2.03. The van der Waals surface area contributed by atoms with Crippen molar-refractivity contribution >= 4 is 28.3 Å². The number of ether oxygens (including phenoxy) is 3. The maximum atomic E-state index is 13.5. The van der Waals surface area contributed by atoms with E-state index in [2.05, 4.69) is 0 Å². The first-order valence-electron chi connectivity index (χ1n) is 9.33. The van der Waals surface area contributed by atoms with E-state index in [1.165, 1.54) is 0 Å². The van der Waals surface area contributed by atoms with Gasteiger partial charge in [0.2, 0.25) is 5.79 Å². The highest BCUT2D eigenvalue weighted by Crippen LogP contribution is 2.49. The molecule has 5 rings (SSSR count). The monoisotopic (exact) mass is 394 g/mol. The van der Waals surface area contributed by atoms with Gasteiger partial charge in [-0.05, 0) is 22.9 Å². The Morgan fingerprint density at radius 3 is 2.21 bits per heavy atom. The minimum Gasteiger partial charge on any atom is -0.467 e. The number of hydrogen-bond acceptors (Lipinski definition) is 7. The van der Waals surface area contributed by atoms with Gasteiger partial charge in [-0.2, -0.15) is 0 Å². The first-order valence-corrected chi connectivity index (χ1v) is 9.33. The predicted molar refractivity (Wildman–Crippen MR) is 100 cm³/mol. The highest BCUT2D eigenvalue weighted by molar-refractivity contribution is 6.29. The van der Waals surface area contributed by atoms with Gasteiger partial charge in [0.15, 0.2) is 17.2 Å². The summed E-state index contributed by atoms with van der Waals surface area (Å²) < 4.78 is 16.2. The number of hydrogen-bond donors (Lipinski definition) is 1. The second-order valence-corrected chi connectivity index (χ2v) is 7.58. The summed E-state index contributed by atoms with van der Waals surface area (Å²) >= 11 is 0. The van der Waals surface area contributed by atoms with Crippen LogP contribution in [0.4, 0.5) is 0 Å². The van der Waals surface area contributed by atoms with Crippen LogP contribution in [0.25, 0.3) is 10.8 Å². The van der Waals surface area contributed by atoms with Crippen LogP contribution < -0.4 is 0 Å². The first-order chi connectivity index (χ1) is 13.9. The van der Waals surface area contributed by atoms with Crippen LogP contribution in [0.2, 0.25) is 0 Å². The zero-order chi connectivity index (χ0) is 20.4. The van der Waals surface area contributed by atoms with Gasteiger partial charge in [0.05, 0.1) is 25.9 Å². The van der Waals surface area contributed by atoms with Crippen LogP contribution >= 0.6 is 0 Å². The van der Waals surface area contributed by atoms with E-state index in [0.29, 0.717) is 0 Å². The van der Waals surface area contributed by atoms with E-state index in [4.69, 9.17) is 14.2 Å². The summed E-state index contributed by atoms with van der Waals surface area (Å²) in [5.74, 6) is -3.34. The number of ketones is 2. The fourth-order valence-electron chi connectivity index (χ4n) is 4.60. The molecule has 1 fully saturated rings. The topological polar surface area (TPSA) is 99.1 Å². The molecule has 1 N–H and O–H groups in total. The molecule has 0 aromatic heterocycles. The quantitative estimate of drug-likeness (QED) is 0.738. The lowest BCUT2D eigenvalue weighted by Crippen LogP contribution is -2.55. The molecule has 0 bridgehead atoms. The summed E-state index contributed by atoms with van der Waals surface area (Å²) in [5.41, 5.74) is -1.39. The van der Waals surface area contributed by atoms with Gasteiger partial charge in [0, 0.05) is 29.5 Å². The molecular weight excluding hydrogens is 376 g/mol. The standard InChI is InChI=1S/C22H18O7/c1-27-20(25)21(26)10-16-17(22(11-21)28-6-7-29-22)19(24)15-9-13-5-3-2-4-12(13)8-14(15)18(16)23/h2-5,8-9,26H,6-7,10-11H2,1H3. The van der Waals surface area contributed by atoms with Crippen molar-refractivity contribution < 1.29 is 33.7 Å². The molecule has 1 unspecified atom stereocenters. The van der Waals surface area contributed by atoms with Crippen LogP contribution in [-0.4, -0.2) is 54.4 Å². The van der Waals surface area contributed by atoms with Gasteiger partial charge in [-0.3, -0.25) is 9.59 Å². The molecule has 7 nitrogen and oxygen atoms in total. The van der Waals surface area contributed by atoms with Gasteiger partial charge in [-0.1, -0.05) is 24.3 Å². The van der Waals surface area contributed by atoms with E-state index in [-0.39, 0.29) is 54.1 Å². The molecular formula is C22H18O7. The average Bonchev–Trinajstić information content (AvgIpc) is 3.17. The predicted octanol–water partition coefficient (Wildman–Crippen LogP) is 1.96. The molecule has 0 amide bonds. The normalized spacial score (nSPS) is 25.3. The van der Waals surface area contributed by atoms with Crippen LogP contribution in [0.3, 0.4) is 0 Å². The largest absolute Gasteiger partial charge is 0.467 e. The summed E-state index contributed by atoms with van der Waals surface area (Å²) in [7, 11) is 1.16. The molecule has 2 aromatic carbocycles. The molecule has 1 saturated heterocycles. The fraction of sp³-hybridized carbons (Fsp3) is 0.318. The number of rotatable bonds is 1. The zero-order valence-corrected chi connectivity index (χ0v) is 15.7. The Hall–Kier alpha value is -2.87. The van der Waals surface area contributed by atoms with Gasteiger partial charge in [-0.15, -0.1) is 0 Å². The van der Waals surface area contributed by atoms with Crippen LogP contribution in [0.15, 0.2) is 47.5 Å². The van der Waals surface area contributed by atoms with Crippen molar-refractivity contribution in [2.24, 2.45) is 0 Å². The summed E-state index contributed by atoms with van der Waals surface area (Å²) in [6, 6.07) is 10.8. The number of benzene rings is 2. The van der Waals surface area contributed by atoms with Crippen molar-refractivity contribution in [1.82, 2.24) is 0 Å². The molecule has 1 heterocycles. The van der Waals surface area contributed by atoms with Gasteiger partial charge < -0.3 is 19.3 Å².